The molecule has 2 rings (SSSR count). The summed E-state index contributed by atoms with van der Waals surface area (Å²) in [7, 11) is -0.577. The van der Waals surface area contributed by atoms with Crippen LogP contribution in [0.15, 0.2) is 11.1 Å². The number of aromatic nitrogens is 1. The van der Waals surface area contributed by atoms with Gasteiger partial charge in [0.15, 0.2) is 0 Å². The minimum absolute atomic E-state index is 0.0973. The van der Waals surface area contributed by atoms with Gasteiger partial charge in [0.1, 0.15) is 10.6 Å². The van der Waals surface area contributed by atoms with E-state index in [1.165, 1.54) is 22.2 Å². The van der Waals surface area contributed by atoms with Gasteiger partial charge in [-0.2, -0.15) is 4.31 Å². The molecule has 0 aromatic carbocycles. The van der Waals surface area contributed by atoms with Crippen LogP contribution >= 0.6 is 0 Å². The lowest BCUT2D eigenvalue weighted by Crippen LogP contribution is -2.41. The van der Waals surface area contributed by atoms with Crippen molar-refractivity contribution < 1.29 is 17.9 Å². The number of aryl methyl sites for hydroxylation is 1. The Morgan fingerprint density at radius 3 is 2.58 bits per heavy atom. The molecule has 1 aliphatic heterocycles. The van der Waals surface area contributed by atoms with Crippen LogP contribution in [0, 0.1) is 0 Å². The molecular weight excluding hydrogens is 268 g/mol. The highest BCUT2D eigenvalue weighted by Gasteiger charge is 2.37. The molecule has 0 aliphatic carbocycles. The molecular formula is C12H18N2O4S. The van der Waals surface area contributed by atoms with Gasteiger partial charge in [-0.25, -0.2) is 13.2 Å². The molecule has 0 N–H and O–H groups in total. The maximum atomic E-state index is 12.5. The van der Waals surface area contributed by atoms with E-state index in [2.05, 4.69) is 0 Å². The van der Waals surface area contributed by atoms with Crippen molar-refractivity contribution in [2.24, 2.45) is 7.05 Å². The second-order valence-corrected chi connectivity index (χ2v) is 6.74. The molecule has 0 amide bonds. The number of carbonyl (C=O) groups is 1. The number of sulfonamides is 1. The third-order valence-electron chi connectivity index (χ3n) is 3.37. The predicted molar refractivity (Wildman–Crippen MR) is 69.5 cm³/mol. The quantitative estimate of drug-likeness (QED) is 0.753. The molecule has 2 heterocycles. The van der Waals surface area contributed by atoms with E-state index in [4.69, 9.17) is 4.74 Å². The molecule has 7 heteroatoms. The van der Waals surface area contributed by atoms with Crippen molar-refractivity contribution in [1.29, 1.82) is 0 Å². The molecule has 6 nitrogen and oxygen atoms in total. The van der Waals surface area contributed by atoms with Gasteiger partial charge in [0, 0.05) is 31.4 Å². The van der Waals surface area contributed by atoms with Crippen molar-refractivity contribution in [2.45, 2.75) is 31.2 Å². The van der Waals surface area contributed by atoms with Crippen molar-refractivity contribution in [3.8, 4) is 0 Å². The van der Waals surface area contributed by atoms with Gasteiger partial charge in [-0.3, -0.25) is 0 Å². The molecule has 19 heavy (non-hydrogen) atoms. The highest BCUT2D eigenvalue weighted by atomic mass is 32.2. The van der Waals surface area contributed by atoms with Crippen molar-refractivity contribution in [3.05, 3.63) is 17.5 Å². The zero-order valence-corrected chi connectivity index (χ0v) is 12.3. The lowest BCUT2D eigenvalue weighted by atomic mass is 10.1. The number of hydrogen-bond donors (Lipinski definition) is 0. The Bertz CT molecular complexity index is 616. The van der Waals surface area contributed by atoms with E-state index in [1.54, 1.807) is 7.05 Å². The Morgan fingerprint density at radius 2 is 2.05 bits per heavy atom. The van der Waals surface area contributed by atoms with E-state index in [0.717, 1.165) is 0 Å². The standard InChI is InChI=1S/C12H18N2O4S/c1-8(2)14-6-5-9-10(19(14,16)17)7-13(3)11(9)12(15)18-4/h7-8H,5-6H2,1-4H3. The number of fused-ring (bicyclic) bond motifs is 1. The molecule has 0 radical (unpaired) electrons. The first-order chi connectivity index (χ1) is 8.80. The number of esters is 1. The molecule has 106 valence electrons. The summed E-state index contributed by atoms with van der Waals surface area (Å²) >= 11 is 0. The lowest BCUT2D eigenvalue weighted by Gasteiger charge is -2.29. The fraction of sp³-hybridized carbons (Fsp3) is 0.583. The van der Waals surface area contributed by atoms with Crippen LogP contribution in [0.5, 0.6) is 0 Å². The maximum absolute atomic E-state index is 12.5. The fourth-order valence-electron chi connectivity index (χ4n) is 2.48. The Kier molecular flexibility index (Phi) is 3.44. The summed E-state index contributed by atoms with van der Waals surface area (Å²) in [5.74, 6) is -0.503. The normalized spacial score (nSPS) is 18.4. The lowest BCUT2D eigenvalue weighted by molar-refractivity contribution is 0.0588. The Balaban J connectivity index is 2.61. The minimum atomic E-state index is -3.52. The van der Waals surface area contributed by atoms with Crippen LogP contribution in [-0.4, -0.2) is 43.0 Å². The number of ether oxygens (including phenoxy) is 1. The fourth-order valence-corrected chi connectivity index (χ4v) is 4.42. The number of nitrogens with zero attached hydrogens (tertiary/aromatic N) is 2. The van der Waals surface area contributed by atoms with E-state index in [0.29, 0.717) is 24.2 Å². The van der Waals surface area contributed by atoms with E-state index in [1.807, 2.05) is 13.8 Å². The van der Waals surface area contributed by atoms with Gasteiger partial charge in [-0.1, -0.05) is 0 Å². The van der Waals surface area contributed by atoms with Gasteiger partial charge in [-0.15, -0.1) is 0 Å². The molecule has 0 bridgehead atoms. The van der Waals surface area contributed by atoms with Crippen molar-refractivity contribution in [3.63, 3.8) is 0 Å². The highest BCUT2D eigenvalue weighted by Crippen LogP contribution is 2.31. The highest BCUT2D eigenvalue weighted by molar-refractivity contribution is 7.89. The number of methoxy groups -OCH3 is 1. The second-order valence-electron chi connectivity index (χ2n) is 4.88. The van der Waals surface area contributed by atoms with Crippen LogP contribution < -0.4 is 0 Å². The third kappa shape index (κ3) is 2.06. The molecule has 0 saturated carbocycles. The monoisotopic (exact) mass is 286 g/mol. The molecule has 1 aromatic rings. The summed E-state index contributed by atoms with van der Waals surface area (Å²) in [6.07, 6.45) is 2.02. The van der Waals surface area contributed by atoms with E-state index >= 15 is 0 Å². The molecule has 0 atom stereocenters. The number of carbonyl (C=O) groups excluding carboxylic acids is 1. The predicted octanol–water partition coefficient (Wildman–Crippen LogP) is 0.767. The van der Waals surface area contributed by atoms with Gasteiger partial charge < -0.3 is 9.30 Å². The first kappa shape index (κ1) is 14.1. The summed E-state index contributed by atoms with van der Waals surface area (Å²) in [5, 5.41) is 0. The van der Waals surface area contributed by atoms with Crippen LogP contribution in [0.4, 0.5) is 0 Å². The summed E-state index contributed by atoms with van der Waals surface area (Å²) in [6.45, 7) is 4.07. The molecule has 0 saturated heterocycles. The maximum Gasteiger partial charge on any atom is 0.354 e. The van der Waals surface area contributed by atoms with Gasteiger partial charge in [0.05, 0.1) is 7.11 Å². The van der Waals surface area contributed by atoms with Crippen molar-refractivity contribution in [1.82, 2.24) is 8.87 Å². The molecule has 0 spiro atoms. The van der Waals surface area contributed by atoms with Crippen LogP contribution in [0.25, 0.3) is 0 Å². The summed E-state index contributed by atoms with van der Waals surface area (Å²) in [4.78, 5) is 12.0. The van der Waals surface area contributed by atoms with E-state index in [-0.39, 0.29) is 10.9 Å². The van der Waals surface area contributed by atoms with Gasteiger partial charge in [-0.05, 0) is 20.3 Å². The Morgan fingerprint density at radius 1 is 1.42 bits per heavy atom. The van der Waals surface area contributed by atoms with E-state index < -0.39 is 16.0 Å². The largest absolute Gasteiger partial charge is 0.464 e. The average Bonchev–Trinajstić information content (AvgIpc) is 2.65. The van der Waals surface area contributed by atoms with E-state index in [9.17, 15) is 13.2 Å². The second kappa shape index (κ2) is 4.64. The summed E-state index contributed by atoms with van der Waals surface area (Å²) in [6, 6.07) is -0.0973. The van der Waals surface area contributed by atoms with Gasteiger partial charge >= 0.3 is 5.97 Å². The van der Waals surface area contributed by atoms with Crippen molar-refractivity contribution in [2.75, 3.05) is 13.7 Å². The smallest absolute Gasteiger partial charge is 0.354 e. The first-order valence-corrected chi connectivity index (χ1v) is 7.53. The molecule has 1 aromatic heterocycles. The van der Waals surface area contributed by atoms with Crippen LogP contribution in [0.2, 0.25) is 0 Å². The SMILES string of the molecule is COC(=O)c1c2c(cn1C)S(=O)(=O)N(C(C)C)CC2. The van der Waals surface area contributed by atoms with Gasteiger partial charge in [0.25, 0.3) is 0 Å². The zero-order chi connectivity index (χ0) is 14.4. The van der Waals surface area contributed by atoms with Crippen molar-refractivity contribution >= 4 is 16.0 Å². The Hall–Kier alpha value is -1.34. The molecule has 0 fully saturated rings. The van der Waals surface area contributed by atoms with Crippen LogP contribution in [-0.2, 0) is 28.2 Å². The summed E-state index contributed by atoms with van der Waals surface area (Å²) in [5.41, 5.74) is 0.885. The molecule has 1 aliphatic rings. The van der Waals surface area contributed by atoms with Crippen LogP contribution in [0.3, 0.4) is 0 Å². The topological polar surface area (TPSA) is 68.6 Å². The van der Waals surface area contributed by atoms with Gasteiger partial charge in [0.2, 0.25) is 10.0 Å². The number of hydrogen-bond acceptors (Lipinski definition) is 4. The molecule has 0 unspecified atom stereocenters. The number of rotatable bonds is 2. The zero-order valence-electron chi connectivity index (χ0n) is 11.5. The summed E-state index contributed by atoms with van der Waals surface area (Å²) < 4.78 is 32.7. The third-order valence-corrected chi connectivity index (χ3v) is 5.50. The van der Waals surface area contributed by atoms with Crippen LogP contribution in [0.1, 0.15) is 29.9 Å². The minimum Gasteiger partial charge on any atom is -0.464 e. The first-order valence-electron chi connectivity index (χ1n) is 6.09. The average molecular weight is 286 g/mol. The Labute approximate surface area is 113 Å².